The van der Waals surface area contributed by atoms with E-state index in [4.69, 9.17) is 0 Å². The minimum Gasteiger partial charge on any atom is -0.344 e. The van der Waals surface area contributed by atoms with E-state index >= 15 is 0 Å². The normalized spacial score (nSPS) is 18.0. The van der Waals surface area contributed by atoms with Crippen molar-refractivity contribution in [3.05, 3.63) is 95.3 Å². The first-order valence-corrected chi connectivity index (χ1v) is 15.7. The molecule has 1 saturated heterocycles. The first kappa shape index (κ1) is 31.0. The fourth-order valence-corrected chi connectivity index (χ4v) is 7.65. The van der Waals surface area contributed by atoms with E-state index in [-0.39, 0.29) is 16.7 Å². The molecule has 1 unspecified atom stereocenters. The third-order valence-corrected chi connectivity index (χ3v) is 10.2. The van der Waals surface area contributed by atoms with Crippen molar-refractivity contribution in [2.75, 3.05) is 0 Å². The van der Waals surface area contributed by atoms with Crippen LogP contribution in [0.5, 0.6) is 0 Å². The maximum Gasteiger partial charge on any atom is 0.492 e. The van der Waals surface area contributed by atoms with Crippen LogP contribution < -0.4 is 4.72 Å². The molecule has 2 heterocycles. The van der Waals surface area contributed by atoms with Crippen LogP contribution in [-0.2, 0) is 30.9 Å². The molecule has 5 rings (SSSR count). The molecule has 0 radical (unpaired) electrons. The van der Waals surface area contributed by atoms with Gasteiger partial charge in [0.15, 0.2) is 0 Å². The summed E-state index contributed by atoms with van der Waals surface area (Å²) in [7, 11) is -8.62. The van der Waals surface area contributed by atoms with Crippen molar-refractivity contribution in [2.24, 2.45) is 0 Å². The number of aromatic nitrogens is 2. The number of imidazole rings is 1. The quantitative estimate of drug-likeness (QED) is 0.197. The summed E-state index contributed by atoms with van der Waals surface area (Å²) >= 11 is 0. The largest absolute Gasteiger partial charge is 0.492 e. The lowest BCUT2D eigenvalue weighted by atomic mass is 10.0. The van der Waals surface area contributed by atoms with Crippen LogP contribution in [-0.4, -0.2) is 50.0 Å². The molecule has 1 amide bonds. The molecule has 1 fully saturated rings. The van der Waals surface area contributed by atoms with Gasteiger partial charge in [-0.2, -0.15) is 18.4 Å². The number of hydrogen-bond acceptors (Lipinski definition) is 9. The molecular weight excluding hydrogens is 627 g/mol. The number of halogens is 3. The number of carbonyl (C=O) groups is 2. The van der Waals surface area contributed by atoms with E-state index in [1.54, 1.807) is 30.3 Å². The monoisotopic (exact) mass is 649 g/mol. The first-order chi connectivity index (χ1) is 20.7. The summed E-state index contributed by atoms with van der Waals surface area (Å²) in [6.07, 6.45) is -6.18. The zero-order valence-corrected chi connectivity index (χ0v) is 23.9. The average molecular weight is 650 g/mol. The third kappa shape index (κ3) is 6.11. The number of nitriles is 1. The fourth-order valence-electron chi connectivity index (χ4n) is 4.66. The van der Waals surface area contributed by atoms with E-state index in [9.17, 15) is 45.5 Å². The van der Waals surface area contributed by atoms with Crippen molar-refractivity contribution in [1.82, 2.24) is 19.2 Å². The number of nitrogens with one attached hydrogen (secondary N) is 2. The fraction of sp³-hybridized carbons (Fsp3) is 0.185. The predicted octanol–water partition coefficient (Wildman–Crippen LogP) is 4.66. The van der Waals surface area contributed by atoms with Crippen LogP contribution in [0.2, 0.25) is 0 Å². The maximum absolute atomic E-state index is 13.9. The average Bonchev–Trinajstić information content (AvgIpc) is 3.53. The van der Waals surface area contributed by atoms with Crippen LogP contribution in [0.25, 0.3) is 11.0 Å². The second-order valence-corrected chi connectivity index (χ2v) is 13.4. The molecule has 4 N–H and O–H groups in total. The molecule has 2 atom stereocenters. The summed E-state index contributed by atoms with van der Waals surface area (Å²) in [5.74, 6) is -3.56. The Bertz CT molecular complexity index is 1860. The Hall–Kier alpha value is -4.47. The molecule has 4 aromatic rings. The second kappa shape index (κ2) is 11.6. The smallest absolute Gasteiger partial charge is 0.344 e. The highest BCUT2D eigenvalue weighted by Crippen LogP contribution is 2.56. The Morgan fingerprint density at radius 1 is 1.11 bits per heavy atom. The molecule has 1 aliphatic rings. The first-order valence-electron chi connectivity index (χ1n) is 12.6. The molecule has 0 aliphatic carbocycles. The summed E-state index contributed by atoms with van der Waals surface area (Å²) in [4.78, 5) is 34.9. The molecule has 0 spiro atoms. The highest BCUT2D eigenvalue weighted by molar-refractivity contribution is 8.23. The molecular formula is C27H22F3N5O7S2. The summed E-state index contributed by atoms with van der Waals surface area (Å²) < 4.78 is 90.7. The summed E-state index contributed by atoms with van der Waals surface area (Å²) in [5.41, 5.74) is 1.01. The molecule has 44 heavy (non-hydrogen) atoms. The number of H-pyrrole nitrogens is 1. The Labute approximate surface area is 249 Å². The molecule has 0 saturated carbocycles. The van der Waals surface area contributed by atoms with Crippen LogP contribution in [0.3, 0.4) is 0 Å². The Morgan fingerprint density at radius 2 is 1.77 bits per heavy atom. The minimum atomic E-state index is -5.58. The van der Waals surface area contributed by atoms with Crippen LogP contribution >= 0.6 is 10.8 Å². The summed E-state index contributed by atoms with van der Waals surface area (Å²) in [5, 5.41) is 8.58. The lowest BCUT2D eigenvalue weighted by molar-refractivity contribution is -0.227. The van der Waals surface area contributed by atoms with Gasteiger partial charge in [0.2, 0.25) is 5.91 Å². The third-order valence-electron chi connectivity index (χ3n) is 6.72. The molecule has 230 valence electrons. The van der Waals surface area contributed by atoms with E-state index in [0.29, 0.717) is 22.2 Å². The van der Waals surface area contributed by atoms with Gasteiger partial charge in [-0.3, -0.25) is 18.6 Å². The van der Waals surface area contributed by atoms with Crippen molar-refractivity contribution in [1.29, 1.82) is 5.26 Å². The number of hydroxylamine groups is 1. The maximum atomic E-state index is 13.9. The zero-order chi connectivity index (χ0) is 31.9. The molecule has 17 heteroatoms. The molecule has 1 aliphatic heterocycles. The minimum absolute atomic E-state index is 0.110. The van der Waals surface area contributed by atoms with Gasteiger partial charge < -0.3 is 9.82 Å². The lowest BCUT2D eigenvalue weighted by Crippen LogP contribution is -2.42. The SMILES string of the molecule is N#Cc1ccccc1S(=O)(=O)N(OC(=O)C(F)(F)F)[C@@H](Cc1ccc(C2CC(=O)NS2(O)O)cc1)c1nc2ccccc2[nH]1. The van der Waals surface area contributed by atoms with Crippen LogP contribution in [0.15, 0.2) is 77.7 Å². The van der Waals surface area contributed by atoms with Crippen LogP contribution in [0.1, 0.15) is 40.2 Å². The number of amides is 1. The number of fused-ring (bicyclic) bond motifs is 1. The number of carbonyl (C=O) groups excluding carboxylic acids is 2. The van der Waals surface area contributed by atoms with Gasteiger partial charge in [-0.1, -0.05) is 48.5 Å². The van der Waals surface area contributed by atoms with Gasteiger partial charge in [0, 0.05) is 0 Å². The van der Waals surface area contributed by atoms with E-state index in [0.717, 1.165) is 12.1 Å². The number of aromatic amines is 1. The van der Waals surface area contributed by atoms with Crippen LogP contribution in [0.4, 0.5) is 13.2 Å². The Morgan fingerprint density at radius 3 is 2.39 bits per heavy atom. The highest BCUT2D eigenvalue weighted by Gasteiger charge is 2.48. The van der Waals surface area contributed by atoms with Crippen molar-refractivity contribution >= 4 is 43.7 Å². The molecule has 1 aromatic heterocycles. The van der Waals surface area contributed by atoms with Gasteiger partial charge in [0.25, 0.3) is 10.0 Å². The number of sulfonamides is 1. The number of alkyl halides is 3. The van der Waals surface area contributed by atoms with Gasteiger partial charge in [0.1, 0.15) is 28.1 Å². The molecule has 3 aromatic carbocycles. The second-order valence-electron chi connectivity index (χ2n) is 9.66. The lowest BCUT2D eigenvalue weighted by Gasteiger charge is -2.33. The van der Waals surface area contributed by atoms with Gasteiger partial charge in [-0.25, -0.2) is 18.2 Å². The van der Waals surface area contributed by atoms with E-state index in [1.165, 1.54) is 36.4 Å². The van der Waals surface area contributed by atoms with Crippen molar-refractivity contribution < 1.29 is 45.1 Å². The topological polar surface area (TPSA) is 186 Å². The number of hydrogen-bond donors (Lipinski definition) is 4. The van der Waals surface area contributed by atoms with E-state index in [1.807, 2.05) is 0 Å². The van der Waals surface area contributed by atoms with Gasteiger partial charge >= 0.3 is 12.1 Å². The Balaban J connectivity index is 1.62. The number of benzene rings is 3. The van der Waals surface area contributed by atoms with E-state index in [2.05, 4.69) is 19.5 Å². The summed E-state index contributed by atoms with van der Waals surface area (Å²) in [6.45, 7) is 0. The molecule has 0 bridgehead atoms. The van der Waals surface area contributed by atoms with Gasteiger partial charge in [0.05, 0.1) is 23.0 Å². The number of nitrogens with zero attached hydrogens (tertiary/aromatic N) is 3. The number of para-hydroxylation sites is 2. The van der Waals surface area contributed by atoms with Gasteiger partial charge in [-0.05, 0) is 46.3 Å². The Kier molecular flexibility index (Phi) is 8.13. The highest BCUT2D eigenvalue weighted by atomic mass is 32.3. The van der Waals surface area contributed by atoms with Crippen LogP contribution in [0, 0.1) is 11.3 Å². The van der Waals surface area contributed by atoms with E-state index < -0.39 is 67.0 Å². The molecule has 12 nitrogen and oxygen atoms in total. The van der Waals surface area contributed by atoms with Crippen molar-refractivity contribution in [2.45, 2.75) is 35.2 Å². The standard InChI is InChI=1S/C27H22F3N5O7S2/c28-27(29,30)26(37)42-35(44(40,41)22-8-4-1-5-18(22)15-31)21(25-32-19-6-2-3-7-20(19)33-25)13-16-9-11-17(12-10-16)23-14-24(36)34-43(23,38)39/h1-12,21,23,38-39H,13-14H2,(H,32,33)(H,34,36)/t21-,23?/m0/s1. The van der Waals surface area contributed by atoms with Crippen molar-refractivity contribution in [3.63, 3.8) is 0 Å². The van der Waals surface area contributed by atoms with Gasteiger partial charge in [-0.15, -0.1) is 10.8 Å². The summed E-state index contributed by atoms with van der Waals surface area (Å²) in [6, 6.07) is 16.9. The number of rotatable bonds is 8. The van der Waals surface area contributed by atoms with Crippen molar-refractivity contribution in [3.8, 4) is 6.07 Å². The zero-order valence-electron chi connectivity index (χ0n) is 22.2. The predicted molar refractivity (Wildman–Crippen MR) is 150 cm³/mol.